The molecule has 0 aliphatic carbocycles. The van der Waals surface area contributed by atoms with Crippen LogP contribution in [0.4, 0.5) is 0 Å². The molecule has 3 rings (SSSR count). The van der Waals surface area contributed by atoms with Gasteiger partial charge in [0.2, 0.25) is 5.91 Å². The number of rotatable bonds is 9. The smallest absolute Gasteiger partial charge is 0.230 e. The van der Waals surface area contributed by atoms with Crippen LogP contribution in [0.25, 0.3) is 0 Å². The number of ether oxygens (including phenoxy) is 1. The lowest BCUT2D eigenvalue weighted by Crippen LogP contribution is -2.29. The number of methoxy groups -OCH3 is 1. The van der Waals surface area contributed by atoms with E-state index in [0.29, 0.717) is 5.75 Å². The van der Waals surface area contributed by atoms with Crippen LogP contribution in [-0.2, 0) is 4.79 Å². The van der Waals surface area contributed by atoms with E-state index in [1.54, 1.807) is 18.9 Å². The topological polar surface area (TPSA) is 38.3 Å². The molecule has 0 spiro atoms. The Bertz CT molecular complexity index is 842. The molecular weight excluding hydrogens is 378 g/mol. The molecule has 1 N–H and O–H groups in total. The molecule has 1 amide bonds. The summed E-state index contributed by atoms with van der Waals surface area (Å²) in [4.78, 5) is 12.7. The summed E-state index contributed by atoms with van der Waals surface area (Å²) in [6.07, 6.45) is 0.837. The molecular formula is C25H27NO2S. The highest BCUT2D eigenvalue weighted by atomic mass is 32.2. The van der Waals surface area contributed by atoms with Crippen LogP contribution in [0.1, 0.15) is 41.3 Å². The number of carbonyl (C=O) groups excluding carboxylic acids is 1. The van der Waals surface area contributed by atoms with Gasteiger partial charge >= 0.3 is 0 Å². The van der Waals surface area contributed by atoms with E-state index in [2.05, 4.69) is 36.5 Å². The Morgan fingerprint density at radius 3 is 1.90 bits per heavy atom. The van der Waals surface area contributed by atoms with Crippen LogP contribution >= 0.6 is 11.8 Å². The molecule has 3 aromatic carbocycles. The van der Waals surface area contributed by atoms with Crippen molar-refractivity contribution in [3.63, 3.8) is 0 Å². The highest BCUT2D eigenvalue weighted by Gasteiger charge is 2.18. The molecule has 1 unspecified atom stereocenters. The van der Waals surface area contributed by atoms with Gasteiger partial charge in [-0.15, -0.1) is 11.8 Å². The van der Waals surface area contributed by atoms with Crippen molar-refractivity contribution in [1.82, 2.24) is 5.32 Å². The SMILES string of the molecule is CCC(NC(=O)CSC(c1ccccc1)c1ccccc1)c1ccc(OC)cc1. The number of thioether (sulfide) groups is 1. The maximum Gasteiger partial charge on any atom is 0.230 e. The van der Waals surface area contributed by atoms with E-state index in [-0.39, 0.29) is 17.2 Å². The van der Waals surface area contributed by atoms with E-state index in [1.165, 1.54) is 11.1 Å². The van der Waals surface area contributed by atoms with Crippen LogP contribution < -0.4 is 10.1 Å². The Labute approximate surface area is 177 Å². The van der Waals surface area contributed by atoms with Gasteiger partial charge in [-0.3, -0.25) is 4.79 Å². The summed E-state index contributed by atoms with van der Waals surface area (Å²) in [5, 5.41) is 3.31. The van der Waals surface area contributed by atoms with Crippen LogP contribution in [0.15, 0.2) is 84.9 Å². The minimum atomic E-state index is 0.000840. The summed E-state index contributed by atoms with van der Waals surface area (Å²) in [6, 6.07) is 28.6. The third-order valence-corrected chi connectivity index (χ3v) is 6.15. The minimum Gasteiger partial charge on any atom is -0.497 e. The van der Waals surface area contributed by atoms with Gasteiger partial charge in [-0.25, -0.2) is 0 Å². The molecule has 0 fully saturated rings. The predicted molar refractivity (Wildman–Crippen MR) is 121 cm³/mol. The van der Waals surface area contributed by atoms with Crippen molar-refractivity contribution in [3.05, 3.63) is 102 Å². The summed E-state index contributed by atoms with van der Waals surface area (Å²) < 4.78 is 5.22. The highest BCUT2D eigenvalue weighted by Crippen LogP contribution is 2.35. The second-order valence-electron chi connectivity index (χ2n) is 6.81. The first-order valence-electron chi connectivity index (χ1n) is 9.86. The molecule has 3 aromatic rings. The molecule has 0 radical (unpaired) electrons. The number of carbonyl (C=O) groups is 1. The number of amides is 1. The number of nitrogens with one attached hydrogen (secondary N) is 1. The maximum absolute atomic E-state index is 12.7. The van der Waals surface area contributed by atoms with E-state index < -0.39 is 0 Å². The molecule has 1 atom stereocenters. The van der Waals surface area contributed by atoms with Gasteiger partial charge in [0.1, 0.15) is 5.75 Å². The highest BCUT2D eigenvalue weighted by molar-refractivity contribution is 8.00. The molecule has 150 valence electrons. The molecule has 0 saturated heterocycles. The Hall–Kier alpha value is -2.72. The Kier molecular flexibility index (Phi) is 7.77. The lowest BCUT2D eigenvalue weighted by molar-refractivity contribution is -0.119. The number of benzene rings is 3. The van der Waals surface area contributed by atoms with Crippen molar-refractivity contribution in [3.8, 4) is 5.75 Å². The zero-order valence-corrected chi connectivity index (χ0v) is 17.7. The van der Waals surface area contributed by atoms with E-state index >= 15 is 0 Å². The fourth-order valence-corrected chi connectivity index (χ4v) is 4.39. The Balaban J connectivity index is 1.66. The molecule has 0 heterocycles. The zero-order valence-electron chi connectivity index (χ0n) is 16.9. The van der Waals surface area contributed by atoms with Crippen molar-refractivity contribution in [2.45, 2.75) is 24.6 Å². The summed E-state index contributed by atoms with van der Waals surface area (Å²) in [5.41, 5.74) is 3.51. The molecule has 0 aromatic heterocycles. The van der Waals surface area contributed by atoms with Crippen molar-refractivity contribution in [1.29, 1.82) is 0 Å². The van der Waals surface area contributed by atoms with Crippen molar-refractivity contribution < 1.29 is 9.53 Å². The normalized spacial score (nSPS) is 11.8. The van der Waals surface area contributed by atoms with Crippen LogP contribution in [-0.4, -0.2) is 18.8 Å². The minimum absolute atomic E-state index is 0.000840. The third kappa shape index (κ3) is 5.88. The summed E-state index contributed by atoms with van der Waals surface area (Å²) in [7, 11) is 1.65. The first-order chi connectivity index (χ1) is 14.2. The summed E-state index contributed by atoms with van der Waals surface area (Å²) in [6.45, 7) is 2.08. The van der Waals surface area contributed by atoms with Crippen molar-refractivity contribution >= 4 is 17.7 Å². The lowest BCUT2D eigenvalue weighted by Gasteiger charge is -2.20. The van der Waals surface area contributed by atoms with Gasteiger partial charge in [-0.1, -0.05) is 79.7 Å². The van der Waals surface area contributed by atoms with Gasteiger partial charge in [-0.05, 0) is 35.2 Å². The Morgan fingerprint density at radius 2 is 1.41 bits per heavy atom. The van der Waals surface area contributed by atoms with E-state index in [1.807, 2.05) is 60.7 Å². The second-order valence-corrected chi connectivity index (χ2v) is 7.91. The molecule has 3 nitrogen and oxygen atoms in total. The Morgan fingerprint density at radius 1 is 0.862 bits per heavy atom. The monoisotopic (exact) mass is 405 g/mol. The van der Waals surface area contributed by atoms with E-state index in [9.17, 15) is 4.79 Å². The van der Waals surface area contributed by atoms with Gasteiger partial charge in [0.25, 0.3) is 0 Å². The zero-order chi connectivity index (χ0) is 20.5. The van der Waals surface area contributed by atoms with Crippen LogP contribution in [0, 0.1) is 0 Å². The van der Waals surface area contributed by atoms with Gasteiger partial charge in [0.05, 0.1) is 24.2 Å². The molecule has 0 saturated carbocycles. The third-order valence-electron chi connectivity index (χ3n) is 4.85. The average molecular weight is 406 g/mol. The predicted octanol–water partition coefficient (Wildman–Crippen LogP) is 5.79. The van der Waals surface area contributed by atoms with Crippen molar-refractivity contribution in [2.24, 2.45) is 0 Å². The fourth-order valence-electron chi connectivity index (χ4n) is 3.29. The van der Waals surface area contributed by atoms with E-state index in [0.717, 1.165) is 17.7 Å². The van der Waals surface area contributed by atoms with Gasteiger partial charge in [0.15, 0.2) is 0 Å². The van der Waals surface area contributed by atoms with E-state index in [4.69, 9.17) is 4.74 Å². The number of hydrogen-bond acceptors (Lipinski definition) is 3. The summed E-state index contributed by atoms with van der Waals surface area (Å²) in [5.74, 6) is 1.27. The molecule has 29 heavy (non-hydrogen) atoms. The van der Waals surface area contributed by atoms with Gasteiger partial charge in [-0.2, -0.15) is 0 Å². The first kappa shape index (κ1) is 21.0. The molecule has 4 heteroatoms. The first-order valence-corrected chi connectivity index (χ1v) is 10.9. The van der Waals surface area contributed by atoms with Crippen LogP contribution in [0.5, 0.6) is 5.75 Å². The molecule has 0 aliphatic rings. The fraction of sp³-hybridized carbons (Fsp3) is 0.240. The largest absolute Gasteiger partial charge is 0.497 e. The maximum atomic E-state index is 12.7. The molecule has 0 bridgehead atoms. The van der Waals surface area contributed by atoms with Gasteiger partial charge < -0.3 is 10.1 Å². The quantitative estimate of drug-likeness (QED) is 0.490. The van der Waals surface area contributed by atoms with Crippen LogP contribution in [0.3, 0.4) is 0 Å². The average Bonchev–Trinajstić information content (AvgIpc) is 2.79. The summed E-state index contributed by atoms with van der Waals surface area (Å²) >= 11 is 1.66. The lowest BCUT2D eigenvalue weighted by atomic mass is 10.0. The standard InChI is InChI=1S/C25H27NO2S/c1-3-23(19-14-16-22(28-2)17-15-19)26-24(27)18-29-25(20-10-6-4-7-11-20)21-12-8-5-9-13-21/h4-17,23,25H,3,18H2,1-2H3,(H,26,27). The second kappa shape index (κ2) is 10.7. The molecule has 0 aliphatic heterocycles. The van der Waals surface area contributed by atoms with Crippen molar-refractivity contribution in [2.75, 3.05) is 12.9 Å². The van der Waals surface area contributed by atoms with Gasteiger partial charge in [0, 0.05) is 0 Å². The number of hydrogen-bond donors (Lipinski definition) is 1. The van der Waals surface area contributed by atoms with Crippen LogP contribution in [0.2, 0.25) is 0 Å².